The van der Waals surface area contributed by atoms with E-state index in [-0.39, 0.29) is 0 Å². The molecular weight excluding hydrogens is 478 g/mol. The molecule has 0 aliphatic rings. The van der Waals surface area contributed by atoms with Crippen LogP contribution >= 0.6 is 0 Å². The zero-order chi connectivity index (χ0) is 27.4. The van der Waals surface area contributed by atoms with Crippen LogP contribution in [0.5, 0.6) is 0 Å². The van der Waals surface area contributed by atoms with Crippen molar-refractivity contribution in [3.05, 3.63) is 114 Å². The van der Waals surface area contributed by atoms with E-state index >= 15 is 0 Å². The van der Waals surface area contributed by atoms with Crippen molar-refractivity contribution in [3.8, 4) is 40.0 Å². The van der Waals surface area contributed by atoms with Gasteiger partial charge in [0.05, 0.1) is 23.0 Å². The van der Waals surface area contributed by atoms with Gasteiger partial charge >= 0.3 is 0 Å². The minimum absolute atomic E-state index is 0.663. The predicted molar refractivity (Wildman–Crippen MR) is 164 cm³/mol. The summed E-state index contributed by atoms with van der Waals surface area (Å²) in [5, 5.41) is 8.99. The molecule has 0 saturated heterocycles. The second kappa shape index (κ2) is 11.1. The van der Waals surface area contributed by atoms with Crippen LogP contribution in [0.2, 0.25) is 0 Å². The number of nitrogens with zero attached hydrogens (tertiary/aromatic N) is 4. The van der Waals surface area contributed by atoms with Crippen molar-refractivity contribution >= 4 is 23.5 Å². The Labute approximate surface area is 230 Å². The Balaban J connectivity index is 1.47. The van der Waals surface area contributed by atoms with E-state index in [9.17, 15) is 0 Å². The first-order valence-electron chi connectivity index (χ1n) is 12.9. The maximum absolute atomic E-state index is 8.99. The first-order chi connectivity index (χ1) is 18.9. The smallest absolute Gasteiger partial charge is 0.138 e. The average molecular weight is 510 g/mol. The van der Waals surface area contributed by atoms with E-state index in [1.165, 1.54) is 0 Å². The molecule has 0 amide bonds. The molecule has 1 aromatic heterocycles. The molecule has 0 fully saturated rings. The van der Waals surface area contributed by atoms with Crippen molar-refractivity contribution in [2.45, 2.75) is 0 Å². The van der Waals surface area contributed by atoms with E-state index in [0.29, 0.717) is 5.56 Å². The summed E-state index contributed by atoms with van der Waals surface area (Å²) < 4.78 is 0. The molecule has 0 aliphatic carbocycles. The quantitative estimate of drug-likeness (QED) is 0.230. The molecule has 0 unspecified atom stereocenters. The van der Waals surface area contributed by atoms with Gasteiger partial charge in [0.15, 0.2) is 0 Å². The Morgan fingerprint density at radius 2 is 1.08 bits per heavy atom. The second-order valence-electron chi connectivity index (χ2n) is 9.88. The highest BCUT2D eigenvalue weighted by Crippen LogP contribution is 2.34. The molecule has 0 radical (unpaired) electrons. The Morgan fingerprint density at radius 1 is 0.615 bits per heavy atom. The van der Waals surface area contributed by atoms with Crippen molar-refractivity contribution in [3.63, 3.8) is 0 Å². The minimum Gasteiger partial charge on any atom is -0.378 e. The lowest BCUT2D eigenvalue weighted by Gasteiger charge is -2.13. The lowest BCUT2D eigenvalue weighted by atomic mass is 10.0. The monoisotopic (exact) mass is 509 g/mol. The molecule has 0 saturated carbocycles. The zero-order valence-corrected chi connectivity index (χ0v) is 22.7. The average Bonchev–Trinajstić information content (AvgIpc) is 3.42. The van der Waals surface area contributed by atoms with E-state index in [4.69, 9.17) is 10.2 Å². The van der Waals surface area contributed by atoms with Crippen molar-refractivity contribution in [1.82, 2.24) is 9.97 Å². The fourth-order valence-corrected chi connectivity index (χ4v) is 4.38. The molecule has 0 aliphatic heterocycles. The first kappa shape index (κ1) is 25.6. The second-order valence-corrected chi connectivity index (χ2v) is 9.88. The van der Waals surface area contributed by atoms with Gasteiger partial charge in [0.2, 0.25) is 0 Å². The Morgan fingerprint density at radius 3 is 1.56 bits per heavy atom. The summed E-state index contributed by atoms with van der Waals surface area (Å²) in [6, 6.07) is 35.1. The van der Waals surface area contributed by atoms with Gasteiger partial charge in [-0.25, -0.2) is 4.98 Å². The van der Waals surface area contributed by atoms with Gasteiger partial charge in [-0.15, -0.1) is 0 Å². The molecule has 1 N–H and O–H groups in total. The number of nitriles is 1. The van der Waals surface area contributed by atoms with E-state index < -0.39 is 0 Å². The molecule has 5 aromatic rings. The third-order valence-corrected chi connectivity index (χ3v) is 6.73. The molecule has 0 atom stereocenters. The fourth-order valence-electron chi connectivity index (χ4n) is 4.38. The van der Waals surface area contributed by atoms with Crippen LogP contribution < -0.4 is 9.80 Å². The Hall–Kier alpha value is -5.08. The van der Waals surface area contributed by atoms with Gasteiger partial charge in [-0.2, -0.15) is 5.26 Å². The van der Waals surface area contributed by atoms with Crippen LogP contribution in [0.15, 0.2) is 97.1 Å². The summed E-state index contributed by atoms with van der Waals surface area (Å²) in [6.07, 6.45) is 4.12. The summed E-state index contributed by atoms with van der Waals surface area (Å²) >= 11 is 0. The lowest BCUT2D eigenvalue weighted by Crippen LogP contribution is -2.08. The minimum atomic E-state index is 0.663. The van der Waals surface area contributed by atoms with Gasteiger partial charge in [-0.3, -0.25) is 0 Å². The van der Waals surface area contributed by atoms with Gasteiger partial charge in [-0.05, 0) is 47.5 Å². The van der Waals surface area contributed by atoms with E-state index in [0.717, 1.165) is 56.4 Å². The number of rotatable bonds is 7. The lowest BCUT2D eigenvalue weighted by molar-refractivity contribution is 1.13. The van der Waals surface area contributed by atoms with Crippen molar-refractivity contribution in [2.24, 2.45) is 0 Å². The third kappa shape index (κ3) is 5.76. The molecule has 5 rings (SSSR count). The molecule has 4 aromatic carbocycles. The maximum Gasteiger partial charge on any atom is 0.138 e. The van der Waals surface area contributed by atoms with Crippen LogP contribution in [-0.2, 0) is 0 Å². The number of anilines is 2. The highest BCUT2D eigenvalue weighted by molar-refractivity contribution is 5.82. The third-order valence-electron chi connectivity index (χ3n) is 6.73. The largest absolute Gasteiger partial charge is 0.378 e. The molecule has 5 nitrogen and oxygen atoms in total. The van der Waals surface area contributed by atoms with Gasteiger partial charge in [0.1, 0.15) is 5.82 Å². The zero-order valence-electron chi connectivity index (χ0n) is 22.7. The molecule has 39 heavy (non-hydrogen) atoms. The van der Waals surface area contributed by atoms with Gasteiger partial charge < -0.3 is 14.8 Å². The van der Waals surface area contributed by atoms with E-state index in [2.05, 4.69) is 99.7 Å². The van der Waals surface area contributed by atoms with Crippen LogP contribution in [0, 0.1) is 11.3 Å². The SMILES string of the molecule is CN(C)c1ccc(-c2nc(-c3ccc(/C=C/c4ccc(C#N)cc4)cc3)[nH]c2-c2ccc(N(C)C)cc2)cc1. The van der Waals surface area contributed by atoms with E-state index in [1.807, 2.05) is 58.5 Å². The predicted octanol–water partition coefficient (Wildman–Crippen LogP) is 7.58. The molecule has 0 spiro atoms. The number of aromatic nitrogens is 2. The van der Waals surface area contributed by atoms with Crippen LogP contribution in [0.1, 0.15) is 16.7 Å². The van der Waals surface area contributed by atoms with Gasteiger partial charge in [0.25, 0.3) is 0 Å². The highest BCUT2D eigenvalue weighted by atomic mass is 15.1. The number of benzene rings is 4. The van der Waals surface area contributed by atoms with Crippen molar-refractivity contribution in [1.29, 1.82) is 5.26 Å². The summed E-state index contributed by atoms with van der Waals surface area (Å²) in [4.78, 5) is 12.9. The summed E-state index contributed by atoms with van der Waals surface area (Å²) in [7, 11) is 8.18. The Kier molecular flexibility index (Phi) is 7.29. The number of imidazole rings is 1. The Bertz CT molecular complexity index is 1550. The topological polar surface area (TPSA) is 59.0 Å². The maximum atomic E-state index is 8.99. The van der Waals surface area contributed by atoms with Gasteiger partial charge in [0, 0.05) is 56.3 Å². The normalized spacial score (nSPS) is 10.9. The van der Waals surface area contributed by atoms with Crippen LogP contribution in [0.25, 0.3) is 46.1 Å². The number of H-pyrrole nitrogens is 1. The molecule has 5 heteroatoms. The van der Waals surface area contributed by atoms with Crippen molar-refractivity contribution in [2.75, 3.05) is 38.0 Å². The standard InChI is InChI=1S/C34H31N5/c1-38(2)30-19-15-27(16-20-30)32-33(28-17-21-31(22-18-28)39(3)4)37-34(36-32)29-13-11-25(12-14-29)6-5-24-7-9-26(23-35)10-8-24/h5-22H,1-4H3,(H,36,37)/b6-5+. The highest BCUT2D eigenvalue weighted by Gasteiger charge is 2.16. The molecule has 0 bridgehead atoms. The van der Waals surface area contributed by atoms with Crippen LogP contribution in [-0.4, -0.2) is 38.2 Å². The summed E-state index contributed by atoms with van der Waals surface area (Å²) in [6.45, 7) is 0. The fraction of sp³-hybridized carbons (Fsp3) is 0.118. The summed E-state index contributed by atoms with van der Waals surface area (Å²) in [5.74, 6) is 0.830. The van der Waals surface area contributed by atoms with E-state index in [1.54, 1.807) is 0 Å². The number of nitrogens with one attached hydrogen (secondary N) is 1. The first-order valence-corrected chi connectivity index (χ1v) is 12.9. The van der Waals surface area contributed by atoms with Crippen molar-refractivity contribution < 1.29 is 0 Å². The molecular formula is C34H31N5. The van der Waals surface area contributed by atoms with Crippen LogP contribution in [0.3, 0.4) is 0 Å². The number of hydrogen-bond donors (Lipinski definition) is 1. The molecule has 192 valence electrons. The summed E-state index contributed by atoms with van der Waals surface area (Å²) in [5.41, 5.74) is 10.2. The number of aromatic amines is 1. The van der Waals surface area contributed by atoms with Crippen LogP contribution in [0.4, 0.5) is 11.4 Å². The van der Waals surface area contributed by atoms with Gasteiger partial charge in [-0.1, -0.05) is 72.8 Å². The molecule has 1 heterocycles. The number of hydrogen-bond acceptors (Lipinski definition) is 4.